The Morgan fingerprint density at radius 2 is 2.14 bits per heavy atom. The highest BCUT2D eigenvalue weighted by Gasteiger charge is 2.39. The van der Waals surface area contributed by atoms with E-state index in [0.717, 1.165) is 18.9 Å². The lowest BCUT2D eigenvalue weighted by molar-refractivity contribution is 0.0676. The fraction of sp³-hybridized carbons (Fsp3) is 0.789. The van der Waals surface area contributed by atoms with Gasteiger partial charge in [-0.1, -0.05) is 70.0 Å². The minimum Gasteiger partial charge on any atom is -0.310 e. The van der Waals surface area contributed by atoms with Gasteiger partial charge in [0.05, 0.1) is 0 Å². The van der Waals surface area contributed by atoms with Crippen molar-refractivity contribution in [2.45, 2.75) is 78.7 Å². The fourth-order valence-corrected chi connectivity index (χ4v) is 3.79. The SMILES string of the molecule is CCCC1CCCCC1(C)C(C)NC/C=C\C=C(\P)CC. The zero-order valence-electron chi connectivity index (χ0n) is 14.6. The average molecular weight is 309 g/mol. The first-order chi connectivity index (χ1) is 10.0. The van der Waals surface area contributed by atoms with E-state index >= 15 is 0 Å². The van der Waals surface area contributed by atoms with Gasteiger partial charge in [0.15, 0.2) is 0 Å². The summed E-state index contributed by atoms with van der Waals surface area (Å²) in [6.45, 7) is 10.4. The van der Waals surface area contributed by atoms with Gasteiger partial charge in [-0.25, -0.2) is 0 Å². The Hall–Kier alpha value is -0.130. The summed E-state index contributed by atoms with van der Waals surface area (Å²) in [5.41, 5.74) is 0.479. The number of allylic oxidation sites excluding steroid dienone is 3. The summed E-state index contributed by atoms with van der Waals surface area (Å²) in [6, 6.07) is 0.602. The summed E-state index contributed by atoms with van der Waals surface area (Å²) in [7, 11) is 2.79. The van der Waals surface area contributed by atoms with Crippen LogP contribution in [-0.4, -0.2) is 12.6 Å². The Labute approximate surface area is 135 Å². The second-order valence-corrected chi connectivity index (χ2v) is 7.63. The molecule has 4 atom stereocenters. The maximum absolute atomic E-state index is 3.75. The Morgan fingerprint density at radius 3 is 2.81 bits per heavy atom. The second kappa shape index (κ2) is 9.80. The Bertz CT molecular complexity index is 345. The highest BCUT2D eigenvalue weighted by atomic mass is 31.0. The van der Waals surface area contributed by atoms with E-state index in [1.54, 1.807) is 0 Å². The van der Waals surface area contributed by atoms with Crippen LogP contribution in [0.5, 0.6) is 0 Å². The van der Waals surface area contributed by atoms with Crippen molar-refractivity contribution < 1.29 is 0 Å². The van der Waals surface area contributed by atoms with E-state index in [2.05, 4.69) is 60.5 Å². The second-order valence-electron chi connectivity index (χ2n) is 6.89. The molecule has 1 rings (SSSR count). The molecule has 1 saturated carbocycles. The monoisotopic (exact) mass is 309 g/mol. The standard InChI is InChI=1S/C19H36NP/c1-5-11-17-12-7-9-14-19(17,4)16(3)20-15-10-8-13-18(21)6-2/h8,10,13,16-17,20H,5-7,9,11-12,14-15,21H2,1-4H3/b10-8-,18-13+. The molecule has 1 aliphatic carbocycles. The van der Waals surface area contributed by atoms with Gasteiger partial charge in [0, 0.05) is 12.6 Å². The van der Waals surface area contributed by atoms with Crippen LogP contribution in [0.3, 0.4) is 0 Å². The van der Waals surface area contributed by atoms with Gasteiger partial charge in [0.2, 0.25) is 0 Å². The van der Waals surface area contributed by atoms with Gasteiger partial charge in [0.1, 0.15) is 0 Å². The van der Waals surface area contributed by atoms with Crippen molar-refractivity contribution in [1.29, 1.82) is 0 Å². The van der Waals surface area contributed by atoms with Crippen LogP contribution < -0.4 is 5.32 Å². The van der Waals surface area contributed by atoms with Gasteiger partial charge < -0.3 is 5.32 Å². The van der Waals surface area contributed by atoms with Crippen LogP contribution in [0.25, 0.3) is 0 Å². The lowest BCUT2D eigenvalue weighted by atomic mass is 9.62. The number of rotatable bonds is 8. The average Bonchev–Trinajstić information content (AvgIpc) is 2.49. The number of hydrogen-bond acceptors (Lipinski definition) is 1. The summed E-state index contributed by atoms with van der Waals surface area (Å²) in [6.07, 6.45) is 16.1. The molecule has 0 aromatic rings. The zero-order chi connectivity index (χ0) is 15.7. The summed E-state index contributed by atoms with van der Waals surface area (Å²) >= 11 is 0. The zero-order valence-corrected chi connectivity index (χ0v) is 15.8. The molecule has 1 nitrogen and oxygen atoms in total. The van der Waals surface area contributed by atoms with Crippen molar-refractivity contribution in [3.05, 3.63) is 23.5 Å². The van der Waals surface area contributed by atoms with Crippen LogP contribution in [0.2, 0.25) is 0 Å². The molecule has 1 fully saturated rings. The highest BCUT2D eigenvalue weighted by molar-refractivity contribution is 7.22. The summed E-state index contributed by atoms with van der Waals surface area (Å²) in [5, 5.41) is 5.11. The van der Waals surface area contributed by atoms with E-state index in [-0.39, 0.29) is 0 Å². The molecular formula is C19H36NP. The van der Waals surface area contributed by atoms with Gasteiger partial charge in [-0.05, 0) is 37.5 Å². The van der Waals surface area contributed by atoms with E-state index in [0.29, 0.717) is 11.5 Å². The molecule has 0 heterocycles. The van der Waals surface area contributed by atoms with Gasteiger partial charge >= 0.3 is 0 Å². The lowest BCUT2D eigenvalue weighted by Crippen LogP contribution is -2.47. The molecule has 4 unspecified atom stereocenters. The topological polar surface area (TPSA) is 12.0 Å². The van der Waals surface area contributed by atoms with Gasteiger partial charge in [-0.2, -0.15) is 0 Å². The third-order valence-electron chi connectivity index (χ3n) is 5.47. The van der Waals surface area contributed by atoms with Crippen LogP contribution >= 0.6 is 9.24 Å². The van der Waals surface area contributed by atoms with E-state index in [9.17, 15) is 0 Å². The van der Waals surface area contributed by atoms with Crippen LogP contribution in [0.1, 0.15) is 72.6 Å². The molecule has 2 heteroatoms. The van der Waals surface area contributed by atoms with Crippen molar-refractivity contribution in [2.24, 2.45) is 11.3 Å². The largest absolute Gasteiger partial charge is 0.310 e. The van der Waals surface area contributed by atoms with Gasteiger partial charge in [-0.3, -0.25) is 0 Å². The maximum Gasteiger partial charge on any atom is 0.0140 e. The molecule has 0 amide bonds. The maximum atomic E-state index is 3.75. The molecule has 1 N–H and O–H groups in total. The van der Waals surface area contributed by atoms with E-state index in [1.807, 2.05) is 0 Å². The molecule has 21 heavy (non-hydrogen) atoms. The van der Waals surface area contributed by atoms with E-state index in [4.69, 9.17) is 0 Å². The Balaban J connectivity index is 2.50. The molecule has 0 spiro atoms. The Kier molecular flexibility index (Phi) is 8.83. The smallest absolute Gasteiger partial charge is 0.0140 e. The molecule has 0 aromatic carbocycles. The van der Waals surface area contributed by atoms with Crippen molar-refractivity contribution in [1.82, 2.24) is 5.32 Å². The highest BCUT2D eigenvalue weighted by Crippen LogP contribution is 2.45. The van der Waals surface area contributed by atoms with Gasteiger partial charge in [0.25, 0.3) is 0 Å². The first-order valence-electron chi connectivity index (χ1n) is 8.89. The first-order valence-corrected chi connectivity index (χ1v) is 9.46. The molecule has 0 aromatic heterocycles. The molecule has 0 bridgehead atoms. The number of hydrogen-bond donors (Lipinski definition) is 1. The van der Waals surface area contributed by atoms with Crippen LogP contribution in [0.4, 0.5) is 0 Å². The van der Waals surface area contributed by atoms with Crippen molar-refractivity contribution in [2.75, 3.05) is 6.54 Å². The molecular weight excluding hydrogens is 273 g/mol. The quantitative estimate of drug-likeness (QED) is 0.449. The van der Waals surface area contributed by atoms with Crippen molar-refractivity contribution in [3.8, 4) is 0 Å². The predicted molar refractivity (Wildman–Crippen MR) is 99.7 cm³/mol. The summed E-state index contributed by atoms with van der Waals surface area (Å²) in [5.74, 6) is 0.904. The van der Waals surface area contributed by atoms with Crippen LogP contribution in [0, 0.1) is 11.3 Å². The number of nitrogens with one attached hydrogen (secondary N) is 1. The first kappa shape index (κ1) is 18.9. The van der Waals surface area contributed by atoms with Crippen molar-refractivity contribution in [3.63, 3.8) is 0 Å². The van der Waals surface area contributed by atoms with E-state index in [1.165, 1.54) is 43.8 Å². The minimum atomic E-state index is 0.479. The minimum absolute atomic E-state index is 0.479. The van der Waals surface area contributed by atoms with Gasteiger partial charge in [-0.15, -0.1) is 9.24 Å². The van der Waals surface area contributed by atoms with Crippen molar-refractivity contribution >= 4 is 9.24 Å². The summed E-state index contributed by atoms with van der Waals surface area (Å²) in [4.78, 5) is 0. The van der Waals surface area contributed by atoms with E-state index < -0.39 is 0 Å². The molecule has 0 saturated heterocycles. The van der Waals surface area contributed by atoms with Crippen LogP contribution in [-0.2, 0) is 0 Å². The molecule has 1 aliphatic rings. The molecule has 122 valence electrons. The summed E-state index contributed by atoms with van der Waals surface area (Å²) < 4.78 is 0. The molecule has 0 aliphatic heterocycles. The van der Waals surface area contributed by atoms with Crippen LogP contribution in [0.15, 0.2) is 23.5 Å². The third-order valence-corrected chi connectivity index (χ3v) is 6.07. The Morgan fingerprint density at radius 1 is 1.38 bits per heavy atom. The normalized spacial score (nSPS) is 29.0. The lowest BCUT2D eigenvalue weighted by Gasteiger charge is -2.46. The predicted octanol–water partition coefficient (Wildman–Crippen LogP) is 5.69. The third kappa shape index (κ3) is 5.87. The molecule has 0 radical (unpaired) electrons. The fourth-order valence-electron chi connectivity index (χ4n) is 3.68.